The first-order valence-electron chi connectivity index (χ1n) is 3.96. The van der Waals surface area contributed by atoms with Crippen molar-refractivity contribution >= 4 is 12.3 Å². The second-order valence-electron chi connectivity index (χ2n) is 2.63. The van der Waals surface area contributed by atoms with E-state index in [1.807, 2.05) is 0 Å². The van der Waals surface area contributed by atoms with Gasteiger partial charge in [0.1, 0.15) is 18.3 Å². The number of aldehydes is 1. The lowest BCUT2D eigenvalue weighted by Gasteiger charge is -2.21. The molecule has 9 nitrogen and oxygen atoms in total. The Labute approximate surface area is 90.6 Å². The number of rotatable bonds is 5. The van der Waals surface area contributed by atoms with E-state index in [1.165, 1.54) is 7.11 Å². The van der Waals surface area contributed by atoms with Gasteiger partial charge in [-0.2, -0.15) is 0 Å². The molecular weight excluding hydrogens is 226 g/mol. The van der Waals surface area contributed by atoms with E-state index in [0.717, 1.165) is 0 Å². The van der Waals surface area contributed by atoms with Crippen LogP contribution < -0.4 is 5.90 Å². The molecule has 4 atom stereocenters. The van der Waals surface area contributed by atoms with Gasteiger partial charge in [0, 0.05) is 0 Å². The first-order valence-corrected chi connectivity index (χ1v) is 3.96. The standard InChI is InChI=1S/C6H10O7.CH5NO/c7-1-2(8)3(9)4(10)5(11)6(12)13;1-3-2/h1-5,8-11H,(H,12,13);2H2,1H3/t2-,3+,4+,5-;/m0./s1. The fraction of sp³-hybridized carbons (Fsp3) is 0.714. The predicted octanol–water partition coefficient (Wildman–Crippen LogP) is -3.78. The highest BCUT2D eigenvalue weighted by Gasteiger charge is 2.33. The summed E-state index contributed by atoms with van der Waals surface area (Å²) in [4.78, 5) is 23.7. The van der Waals surface area contributed by atoms with Gasteiger partial charge >= 0.3 is 5.97 Å². The van der Waals surface area contributed by atoms with Gasteiger partial charge < -0.3 is 35.2 Å². The molecule has 16 heavy (non-hydrogen) atoms. The molecule has 0 spiro atoms. The maximum absolute atomic E-state index is 10.1. The summed E-state index contributed by atoms with van der Waals surface area (Å²) in [7, 11) is 1.40. The molecule has 0 radical (unpaired) electrons. The third kappa shape index (κ3) is 6.40. The predicted molar refractivity (Wildman–Crippen MR) is 48.9 cm³/mol. The van der Waals surface area contributed by atoms with Crippen LogP contribution in [0.1, 0.15) is 0 Å². The second-order valence-corrected chi connectivity index (χ2v) is 2.63. The minimum atomic E-state index is -2.25. The summed E-state index contributed by atoms with van der Waals surface area (Å²) in [5.74, 6) is 2.59. The summed E-state index contributed by atoms with van der Waals surface area (Å²) >= 11 is 0. The largest absolute Gasteiger partial charge is 0.479 e. The van der Waals surface area contributed by atoms with E-state index in [2.05, 4.69) is 10.7 Å². The van der Waals surface area contributed by atoms with E-state index in [-0.39, 0.29) is 6.29 Å². The van der Waals surface area contributed by atoms with Gasteiger partial charge in [-0.1, -0.05) is 0 Å². The summed E-state index contributed by atoms with van der Waals surface area (Å²) in [5.41, 5.74) is 0. The Morgan fingerprint density at radius 3 is 1.88 bits per heavy atom. The zero-order chi connectivity index (χ0) is 13.3. The molecule has 0 aromatic rings. The minimum absolute atomic E-state index is 0.0809. The van der Waals surface area contributed by atoms with Crippen LogP contribution in [0.5, 0.6) is 0 Å². The van der Waals surface area contributed by atoms with E-state index in [9.17, 15) is 9.59 Å². The van der Waals surface area contributed by atoms with Crippen molar-refractivity contribution in [3.63, 3.8) is 0 Å². The van der Waals surface area contributed by atoms with Crippen LogP contribution >= 0.6 is 0 Å². The normalized spacial score (nSPS) is 17.4. The van der Waals surface area contributed by atoms with E-state index in [4.69, 9.17) is 25.5 Å². The molecule has 0 aromatic heterocycles. The smallest absolute Gasteiger partial charge is 0.335 e. The number of carboxylic acid groups (broad SMARTS) is 1. The topological polar surface area (TPSA) is 171 Å². The number of hydrogen-bond donors (Lipinski definition) is 6. The van der Waals surface area contributed by atoms with Crippen molar-refractivity contribution in [1.82, 2.24) is 0 Å². The molecule has 0 rings (SSSR count). The minimum Gasteiger partial charge on any atom is -0.479 e. The molecule has 0 amide bonds. The van der Waals surface area contributed by atoms with Gasteiger partial charge in [-0.15, -0.1) is 0 Å². The van der Waals surface area contributed by atoms with Gasteiger partial charge in [-0.25, -0.2) is 10.7 Å². The summed E-state index contributed by atoms with van der Waals surface area (Å²) in [6, 6.07) is 0. The molecule has 96 valence electrons. The highest BCUT2D eigenvalue weighted by Crippen LogP contribution is 2.03. The van der Waals surface area contributed by atoms with Crippen LogP contribution in [0.2, 0.25) is 0 Å². The lowest BCUT2D eigenvalue weighted by molar-refractivity contribution is -0.163. The molecule has 0 aliphatic heterocycles. The Morgan fingerprint density at radius 1 is 1.25 bits per heavy atom. The molecule has 7 N–H and O–H groups in total. The molecule has 0 fully saturated rings. The highest BCUT2D eigenvalue weighted by atomic mass is 16.6. The van der Waals surface area contributed by atoms with Crippen molar-refractivity contribution in [2.45, 2.75) is 24.4 Å². The maximum Gasteiger partial charge on any atom is 0.335 e. The zero-order valence-corrected chi connectivity index (χ0v) is 8.42. The maximum atomic E-state index is 10.1. The fourth-order valence-corrected chi connectivity index (χ4v) is 0.615. The Hall–Kier alpha value is -1.10. The van der Waals surface area contributed by atoms with Crippen LogP contribution in [0.3, 0.4) is 0 Å². The average molecular weight is 241 g/mol. The number of aliphatic carboxylic acids is 1. The zero-order valence-electron chi connectivity index (χ0n) is 8.42. The van der Waals surface area contributed by atoms with Crippen molar-refractivity contribution in [1.29, 1.82) is 0 Å². The highest BCUT2D eigenvalue weighted by molar-refractivity contribution is 5.73. The number of aliphatic hydroxyl groups excluding tert-OH is 4. The Morgan fingerprint density at radius 2 is 1.62 bits per heavy atom. The number of hydrogen-bond acceptors (Lipinski definition) is 8. The van der Waals surface area contributed by atoms with Gasteiger partial charge in [-0.3, -0.25) is 0 Å². The molecular formula is C7H15NO8. The Kier molecular flexibility index (Phi) is 9.89. The van der Waals surface area contributed by atoms with E-state index >= 15 is 0 Å². The lowest BCUT2D eigenvalue weighted by atomic mass is 10.0. The molecule has 0 unspecified atom stereocenters. The number of aliphatic hydroxyl groups is 4. The van der Waals surface area contributed by atoms with E-state index < -0.39 is 30.4 Å². The molecule has 0 aliphatic rings. The first kappa shape index (κ1) is 17.3. The molecule has 0 saturated carbocycles. The van der Waals surface area contributed by atoms with E-state index in [1.54, 1.807) is 0 Å². The Bertz CT molecular complexity index is 211. The van der Waals surface area contributed by atoms with Crippen LogP contribution in [-0.2, 0) is 14.4 Å². The van der Waals surface area contributed by atoms with Gasteiger partial charge in [0.15, 0.2) is 12.4 Å². The van der Waals surface area contributed by atoms with Crippen molar-refractivity contribution in [2.24, 2.45) is 5.90 Å². The van der Waals surface area contributed by atoms with Crippen molar-refractivity contribution in [3.05, 3.63) is 0 Å². The molecule has 0 aliphatic carbocycles. The fourth-order valence-electron chi connectivity index (χ4n) is 0.615. The van der Waals surface area contributed by atoms with Crippen molar-refractivity contribution in [2.75, 3.05) is 7.11 Å². The lowest BCUT2D eigenvalue weighted by Crippen LogP contribution is -2.48. The molecule has 9 heteroatoms. The second kappa shape index (κ2) is 9.15. The van der Waals surface area contributed by atoms with Gasteiger partial charge in [0.2, 0.25) is 0 Å². The van der Waals surface area contributed by atoms with Crippen molar-refractivity contribution < 1.29 is 40.0 Å². The van der Waals surface area contributed by atoms with Gasteiger partial charge in [0.05, 0.1) is 7.11 Å². The SMILES string of the molecule is CON.O=C[C@H](O)[C@@H](O)[C@@H](O)[C@H](O)C(=O)O. The summed E-state index contributed by atoms with van der Waals surface area (Å²) in [6.45, 7) is 0. The molecule has 0 heterocycles. The quantitative estimate of drug-likeness (QED) is 0.209. The number of nitrogens with two attached hydrogens (primary N) is 1. The molecule has 0 aromatic carbocycles. The number of carbonyl (C=O) groups is 2. The third-order valence-corrected chi connectivity index (χ3v) is 1.42. The van der Waals surface area contributed by atoms with Gasteiger partial charge in [0.25, 0.3) is 0 Å². The third-order valence-electron chi connectivity index (χ3n) is 1.42. The number of carboxylic acids is 1. The van der Waals surface area contributed by atoms with E-state index in [0.29, 0.717) is 0 Å². The summed E-state index contributed by atoms with van der Waals surface area (Å²) < 4.78 is 0. The average Bonchev–Trinajstić information content (AvgIpc) is 2.25. The van der Waals surface area contributed by atoms with Gasteiger partial charge in [-0.05, 0) is 0 Å². The van der Waals surface area contributed by atoms with Crippen LogP contribution in [-0.4, -0.2) is 69.3 Å². The molecule has 0 bridgehead atoms. The summed E-state index contributed by atoms with van der Waals surface area (Å²) in [6.07, 6.45) is -8.39. The molecule has 0 saturated heterocycles. The van der Waals surface area contributed by atoms with Crippen molar-refractivity contribution in [3.8, 4) is 0 Å². The first-order chi connectivity index (χ1) is 7.33. The van der Waals surface area contributed by atoms with Crippen LogP contribution in [0, 0.1) is 0 Å². The van der Waals surface area contributed by atoms with Crippen LogP contribution in [0.25, 0.3) is 0 Å². The monoisotopic (exact) mass is 241 g/mol. The van der Waals surface area contributed by atoms with Crippen LogP contribution in [0.4, 0.5) is 0 Å². The Balaban J connectivity index is 0. The van der Waals surface area contributed by atoms with Crippen LogP contribution in [0.15, 0.2) is 0 Å². The summed E-state index contributed by atoms with van der Waals surface area (Å²) in [5, 5.41) is 43.2. The number of carbonyl (C=O) groups excluding carboxylic acids is 1.